The monoisotopic (exact) mass is 1490 g/mol. The van der Waals surface area contributed by atoms with Gasteiger partial charge in [0.15, 0.2) is 6.10 Å². The molecule has 4 N–H and O–H groups in total. The van der Waals surface area contributed by atoms with Gasteiger partial charge in [0, 0.05) is 19.3 Å². The summed E-state index contributed by atoms with van der Waals surface area (Å²) in [6, 6.07) is 0. The van der Waals surface area contributed by atoms with Gasteiger partial charge in [-0.25, -0.2) is 9.13 Å². The van der Waals surface area contributed by atoms with E-state index in [1.54, 1.807) is 0 Å². The molecule has 0 aliphatic rings. The molecule has 0 aromatic rings. The second kappa shape index (κ2) is 77.6. The van der Waals surface area contributed by atoms with Crippen molar-refractivity contribution in [1.29, 1.82) is 0 Å². The van der Waals surface area contributed by atoms with Crippen molar-refractivity contribution in [3.8, 4) is 0 Å². The Morgan fingerprint density at radius 3 is 0.816 bits per heavy atom. The molecule has 0 spiro atoms. The van der Waals surface area contributed by atoms with Crippen LogP contribution in [0.4, 0.5) is 0 Å². The lowest BCUT2D eigenvalue weighted by Crippen LogP contribution is -2.30. The van der Waals surface area contributed by atoms with Crippen LogP contribution in [-0.4, -0.2) is 95.9 Å². The van der Waals surface area contributed by atoms with E-state index in [0.717, 1.165) is 148 Å². The number of allylic oxidation sites excluding steroid dienone is 20. The van der Waals surface area contributed by atoms with Gasteiger partial charge in [0.05, 0.1) is 26.4 Å². The topological polar surface area (TPSA) is 231 Å². The largest absolute Gasteiger partial charge is 0.472 e. The van der Waals surface area contributed by atoms with Crippen molar-refractivity contribution in [3.63, 3.8) is 0 Å². The van der Waals surface area contributed by atoms with Crippen LogP contribution < -0.4 is 0 Å². The van der Waals surface area contributed by atoms with Crippen LogP contribution in [0.15, 0.2) is 122 Å². The first kappa shape index (κ1) is 98.9. The average molecular weight is 1490 g/mol. The first-order valence-electron chi connectivity index (χ1n) is 40.8. The van der Waals surface area contributed by atoms with Gasteiger partial charge in [-0.3, -0.25) is 32.5 Å². The molecule has 594 valence electrons. The highest BCUT2D eigenvalue weighted by atomic mass is 31.2. The summed E-state index contributed by atoms with van der Waals surface area (Å²) in [5.74, 6) is -1.60. The molecular formula is C85H148O16P2. The number of hydrogen-bond acceptors (Lipinski definition) is 14. The summed E-state index contributed by atoms with van der Waals surface area (Å²) in [6.45, 7) is 2.50. The van der Waals surface area contributed by atoms with Gasteiger partial charge < -0.3 is 34.2 Å². The smallest absolute Gasteiger partial charge is 0.463 e. The summed E-state index contributed by atoms with van der Waals surface area (Å²) >= 11 is 0. The van der Waals surface area contributed by atoms with E-state index in [0.29, 0.717) is 19.3 Å². The summed E-state index contributed by atoms with van der Waals surface area (Å²) in [4.78, 5) is 58.6. The van der Waals surface area contributed by atoms with Gasteiger partial charge in [0.2, 0.25) is 0 Å². The number of aliphatic hydroxyl groups is 2. The number of hydrogen-bond donors (Lipinski definition) is 4. The molecule has 16 nitrogen and oxygen atoms in total. The van der Waals surface area contributed by atoms with E-state index in [-0.39, 0.29) is 19.3 Å². The highest BCUT2D eigenvalue weighted by Crippen LogP contribution is 2.45. The van der Waals surface area contributed by atoms with E-state index in [4.69, 9.17) is 32.3 Å². The van der Waals surface area contributed by atoms with Gasteiger partial charge in [-0.05, 0) is 135 Å². The SMILES string of the molecule is CC/C=C\C/C=C\C/C=C\CCCCCCCC(=O)OC(COC(=O)CCCCCCCC/C=C\C/C=C\C/C=C\CCCCC)COP(=O)(O)OCC(O)COP(=O)(O)OCC(O)COC(=O)CCCCCCCCCCCCCCCCCCC/C=C\C/C=C\C/C=C\C/C=C\CCCCC. The van der Waals surface area contributed by atoms with Gasteiger partial charge in [0.25, 0.3) is 0 Å². The predicted octanol–water partition coefficient (Wildman–Crippen LogP) is 24.1. The lowest BCUT2D eigenvalue weighted by Gasteiger charge is -2.21. The van der Waals surface area contributed by atoms with Crippen molar-refractivity contribution in [2.45, 2.75) is 360 Å². The zero-order valence-corrected chi connectivity index (χ0v) is 66.7. The molecule has 5 atom stereocenters. The van der Waals surface area contributed by atoms with E-state index in [1.807, 2.05) is 0 Å². The predicted molar refractivity (Wildman–Crippen MR) is 427 cm³/mol. The van der Waals surface area contributed by atoms with Crippen LogP contribution in [-0.2, 0) is 55.8 Å². The van der Waals surface area contributed by atoms with Crippen LogP contribution in [0.2, 0.25) is 0 Å². The first-order chi connectivity index (χ1) is 50.2. The number of esters is 3. The number of carbonyl (C=O) groups excluding carboxylic acids is 3. The second-order valence-electron chi connectivity index (χ2n) is 27.2. The van der Waals surface area contributed by atoms with Crippen LogP contribution in [0, 0.1) is 0 Å². The molecule has 0 saturated heterocycles. The van der Waals surface area contributed by atoms with E-state index < -0.39 is 91.5 Å². The highest BCUT2D eigenvalue weighted by Gasteiger charge is 2.29. The first-order valence-corrected chi connectivity index (χ1v) is 43.8. The summed E-state index contributed by atoms with van der Waals surface area (Å²) in [6.07, 6.45) is 92.6. The Kier molecular flexibility index (Phi) is 74.5. The molecule has 0 aliphatic heterocycles. The van der Waals surface area contributed by atoms with Gasteiger partial charge in [0.1, 0.15) is 25.4 Å². The average Bonchev–Trinajstić information content (AvgIpc) is 0.935. The zero-order valence-electron chi connectivity index (χ0n) is 65.0. The summed E-state index contributed by atoms with van der Waals surface area (Å²) in [5.41, 5.74) is 0. The van der Waals surface area contributed by atoms with Crippen molar-refractivity contribution in [2.75, 3.05) is 39.6 Å². The van der Waals surface area contributed by atoms with Gasteiger partial charge in [-0.1, -0.05) is 309 Å². The fourth-order valence-corrected chi connectivity index (χ4v) is 12.5. The number of phosphoric acid groups is 2. The van der Waals surface area contributed by atoms with Gasteiger partial charge in [-0.15, -0.1) is 0 Å². The molecule has 0 radical (unpaired) electrons. The molecule has 0 aliphatic carbocycles. The highest BCUT2D eigenvalue weighted by molar-refractivity contribution is 7.47. The number of rotatable bonds is 77. The Morgan fingerprint density at radius 1 is 0.282 bits per heavy atom. The minimum absolute atomic E-state index is 0.0805. The van der Waals surface area contributed by atoms with E-state index in [2.05, 4.69) is 142 Å². The van der Waals surface area contributed by atoms with Crippen LogP contribution in [0.25, 0.3) is 0 Å². The Balaban J connectivity index is 4.44. The minimum Gasteiger partial charge on any atom is -0.463 e. The zero-order chi connectivity index (χ0) is 75.2. The van der Waals surface area contributed by atoms with Crippen LogP contribution in [0.5, 0.6) is 0 Å². The molecule has 5 unspecified atom stereocenters. The van der Waals surface area contributed by atoms with Crippen LogP contribution >= 0.6 is 15.6 Å². The van der Waals surface area contributed by atoms with Crippen molar-refractivity contribution < 1.29 is 75.8 Å². The summed E-state index contributed by atoms with van der Waals surface area (Å²) < 4.78 is 61.1. The van der Waals surface area contributed by atoms with E-state index in [9.17, 15) is 43.5 Å². The second-order valence-corrected chi connectivity index (χ2v) is 30.1. The molecule has 0 amide bonds. The summed E-state index contributed by atoms with van der Waals surface area (Å²) in [5, 5.41) is 20.6. The van der Waals surface area contributed by atoms with Crippen molar-refractivity contribution in [1.82, 2.24) is 0 Å². The molecule has 0 heterocycles. The Bertz CT molecular complexity index is 2360. The molecule has 0 saturated carbocycles. The molecular weight excluding hydrogens is 1340 g/mol. The van der Waals surface area contributed by atoms with Crippen LogP contribution in [0.3, 0.4) is 0 Å². The van der Waals surface area contributed by atoms with Gasteiger partial charge in [-0.2, -0.15) is 0 Å². The number of phosphoric ester groups is 2. The number of unbranched alkanes of at least 4 members (excludes halogenated alkanes) is 34. The third-order valence-electron chi connectivity index (χ3n) is 17.1. The number of carbonyl (C=O) groups is 3. The Morgan fingerprint density at radius 2 is 0.515 bits per heavy atom. The Labute approximate surface area is 627 Å². The molecule has 0 aromatic heterocycles. The minimum atomic E-state index is -4.94. The standard InChI is InChI=1S/C85H148O16P2/c1-4-7-10-13-16-19-22-25-28-30-32-33-34-35-36-37-38-39-40-41-42-43-44-45-47-49-51-53-56-59-62-65-68-71-83(88)95-74-80(86)75-97-102(91,92)98-76-81(87)77-99-103(93,94)100-79-82(101-85(90)73-70-67-64-61-58-55-50-27-24-21-18-15-12-9-6-3)78-96-84(89)72-69-66-63-60-57-54-52-48-46-31-29-26-23-20-17-14-11-8-5-2/h9,12,16-21,25-29,32-33,35-36,46,48,50,80-82,86-87H,4-8,10-11,13-15,22-24,30-31,34,37-45,47,49,51-79H2,1-3H3,(H,91,92)(H,93,94)/b12-9-,19-16-,20-17-,21-18-,28-25-,29-26-,33-32-,36-35-,48-46-,50-27-. The molecule has 0 rings (SSSR count). The van der Waals surface area contributed by atoms with E-state index >= 15 is 0 Å². The van der Waals surface area contributed by atoms with Crippen molar-refractivity contribution >= 4 is 33.6 Å². The number of aliphatic hydroxyl groups excluding tert-OH is 2. The Hall–Kier alpha value is -4.05. The molecule has 0 fully saturated rings. The van der Waals surface area contributed by atoms with Crippen molar-refractivity contribution in [3.05, 3.63) is 122 Å². The third-order valence-corrected chi connectivity index (χ3v) is 19.0. The van der Waals surface area contributed by atoms with E-state index in [1.165, 1.54) is 135 Å². The maximum Gasteiger partial charge on any atom is 0.472 e. The maximum absolute atomic E-state index is 13.0. The lowest BCUT2D eigenvalue weighted by molar-refractivity contribution is -0.161. The molecule has 0 bridgehead atoms. The fraction of sp³-hybridized carbons (Fsp3) is 0.729. The summed E-state index contributed by atoms with van der Waals surface area (Å²) in [7, 11) is -9.80. The van der Waals surface area contributed by atoms with Gasteiger partial charge >= 0.3 is 33.6 Å². The molecule has 18 heteroatoms. The quantitative estimate of drug-likeness (QED) is 0.0146. The van der Waals surface area contributed by atoms with Crippen LogP contribution in [0.1, 0.15) is 342 Å². The lowest BCUT2D eigenvalue weighted by atomic mass is 10.0. The fourth-order valence-electron chi connectivity index (χ4n) is 10.9. The molecule has 103 heavy (non-hydrogen) atoms. The third kappa shape index (κ3) is 78.8. The number of ether oxygens (including phenoxy) is 3. The maximum atomic E-state index is 13.0. The molecule has 0 aromatic carbocycles. The van der Waals surface area contributed by atoms with Crippen molar-refractivity contribution in [2.24, 2.45) is 0 Å². The normalized spacial score (nSPS) is 14.6.